The molecule has 0 amide bonds. The molecular formula is C12H21N. The van der Waals surface area contributed by atoms with Crippen molar-refractivity contribution in [3.63, 3.8) is 0 Å². The molecule has 0 radical (unpaired) electrons. The Morgan fingerprint density at radius 2 is 1.62 bits per heavy atom. The highest BCUT2D eigenvalue weighted by atomic mass is 15.0. The van der Waals surface area contributed by atoms with Gasteiger partial charge in [0.15, 0.2) is 0 Å². The zero-order valence-corrected chi connectivity index (χ0v) is 8.95. The van der Waals surface area contributed by atoms with Crippen molar-refractivity contribution in [3.05, 3.63) is 12.3 Å². The van der Waals surface area contributed by atoms with Gasteiger partial charge in [0.25, 0.3) is 0 Å². The molecule has 0 bridgehead atoms. The van der Waals surface area contributed by atoms with E-state index in [-0.39, 0.29) is 0 Å². The minimum absolute atomic E-state index is 0.385. The van der Waals surface area contributed by atoms with E-state index in [1.807, 2.05) is 0 Å². The first-order valence-electron chi connectivity index (χ1n) is 5.52. The third-order valence-corrected chi connectivity index (χ3v) is 4.10. The van der Waals surface area contributed by atoms with Crippen molar-refractivity contribution in [2.75, 3.05) is 0 Å². The molecule has 2 fully saturated rings. The Hall–Kier alpha value is -0.460. The lowest BCUT2D eigenvalue weighted by Crippen LogP contribution is -2.51. The van der Waals surface area contributed by atoms with Gasteiger partial charge in [-0.15, -0.1) is 0 Å². The fourth-order valence-electron chi connectivity index (χ4n) is 2.36. The minimum Gasteiger partial charge on any atom is -0.383 e. The van der Waals surface area contributed by atoms with Crippen molar-refractivity contribution in [3.8, 4) is 0 Å². The summed E-state index contributed by atoms with van der Waals surface area (Å²) in [7, 11) is 0. The summed E-state index contributed by atoms with van der Waals surface area (Å²) in [6.07, 6.45) is 8.06. The van der Waals surface area contributed by atoms with Gasteiger partial charge in [0.2, 0.25) is 0 Å². The van der Waals surface area contributed by atoms with Gasteiger partial charge in [-0.05, 0) is 39.0 Å². The lowest BCUT2D eigenvalue weighted by atomic mass is 9.67. The van der Waals surface area contributed by atoms with Crippen LogP contribution in [0.2, 0.25) is 0 Å². The molecule has 0 aromatic carbocycles. The van der Waals surface area contributed by atoms with Crippen molar-refractivity contribution in [1.82, 2.24) is 5.32 Å². The Morgan fingerprint density at radius 3 is 1.92 bits per heavy atom. The monoisotopic (exact) mass is 179 g/mol. The second-order valence-corrected chi connectivity index (χ2v) is 5.43. The predicted molar refractivity (Wildman–Crippen MR) is 56.5 cm³/mol. The van der Waals surface area contributed by atoms with Crippen LogP contribution >= 0.6 is 0 Å². The predicted octanol–water partition coefficient (Wildman–Crippen LogP) is 3.22. The zero-order valence-electron chi connectivity index (χ0n) is 8.95. The first-order valence-corrected chi connectivity index (χ1v) is 5.52. The molecule has 0 saturated heterocycles. The molecule has 1 N–H and O–H groups in total. The molecule has 0 aromatic rings. The van der Waals surface area contributed by atoms with Crippen LogP contribution in [0.25, 0.3) is 0 Å². The largest absolute Gasteiger partial charge is 0.383 e. The van der Waals surface area contributed by atoms with Crippen molar-refractivity contribution in [2.45, 2.75) is 57.9 Å². The topological polar surface area (TPSA) is 12.0 Å². The summed E-state index contributed by atoms with van der Waals surface area (Å²) in [5, 5.41) is 3.64. The lowest BCUT2D eigenvalue weighted by molar-refractivity contribution is 0.156. The van der Waals surface area contributed by atoms with Crippen LogP contribution in [0.15, 0.2) is 12.3 Å². The van der Waals surface area contributed by atoms with Gasteiger partial charge in [-0.3, -0.25) is 0 Å². The van der Waals surface area contributed by atoms with Crippen molar-refractivity contribution in [1.29, 1.82) is 0 Å². The molecule has 0 aliphatic heterocycles. The Morgan fingerprint density at radius 1 is 1.08 bits per heavy atom. The van der Waals surface area contributed by atoms with Crippen LogP contribution in [0.3, 0.4) is 0 Å². The highest BCUT2D eigenvalue weighted by Gasteiger charge is 2.39. The van der Waals surface area contributed by atoms with Crippen LogP contribution in [0, 0.1) is 5.41 Å². The van der Waals surface area contributed by atoms with E-state index in [9.17, 15) is 0 Å². The summed E-state index contributed by atoms with van der Waals surface area (Å²) < 4.78 is 0. The summed E-state index contributed by atoms with van der Waals surface area (Å²) in [5.41, 5.74) is 2.09. The molecule has 1 heteroatoms. The maximum atomic E-state index is 4.20. The molecule has 0 unspecified atom stereocenters. The van der Waals surface area contributed by atoms with Gasteiger partial charge < -0.3 is 5.32 Å². The average Bonchev–Trinajstić information content (AvgIpc) is 1.97. The summed E-state index contributed by atoms with van der Waals surface area (Å²) in [6, 6.07) is 0. The number of allylic oxidation sites excluding steroid dienone is 1. The number of rotatable bonds is 3. The number of hydrogen-bond donors (Lipinski definition) is 1. The van der Waals surface area contributed by atoms with E-state index in [0.29, 0.717) is 11.0 Å². The second kappa shape index (κ2) is 2.76. The molecule has 0 atom stereocenters. The van der Waals surface area contributed by atoms with Crippen LogP contribution in [-0.4, -0.2) is 5.54 Å². The Bertz CT molecular complexity index is 221. The molecule has 0 spiro atoms. The van der Waals surface area contributed by atoms with Crippen LogP contribution in [0.1, 0.15) is 52.4 Å². The second-order valence-electron chi connectivity index (χ2n) is 5.43. The van der Waals surface area contributed by atoms with Crippen molar-refractivity contribution < 1.29 is 0 Å². The SMILES string of the molecule is C=C(NC1(C)CCC1)C1(C)CCC1. The van der Waals surface area contributed by atoms with Gasteiger partial charge in [0.1, 0.15) is 0 Å². The molecule has 0 aromatic heterocycles. The van der Waals surface area contributed by atoms with Gasteiger partial charge in [0.05, 0.1) is 0 Å². The molecule has 2 saturated carbocycles. The van der Waals surface area contributed by atoms with Crippen LogP contribution < -0.4 is 5.32 Å². The first-order chi connectivity index (χ1) is 6.04. The van der Waals surface area contributed by atoms with E-state index in [2.05, 4.69) is 25.7 Å². The number of nitrogens with one attached hydrogen (secondary N) is 1. The van der Waals surface area contributed by atoms with Crippen molar-refractivity contribution in [2.24, 2.45) is 5.41 Å². The van der Waals surface area contributed by atoms with E-state index in [4.69, 9.17) is 0 Å². The summed E-state index contributed by atoms with van der Waals surface area (Å²) in [4.78, 5) is 0. The molecular weight excluding hydrogens is 158 g/mol. The third-order valence-electron chi connectivity index (χ3n) is 4.10. The normalized spacial score (nSPS) is 28.5. The third kappa shape index (κ3) is 1.49. The lowest BCUT2D eigenvalue weighted by Gasteiger charge is -2.47. The zero-order chi connectivity index (χ0) is 9.53. The van der Waals surface area contributed by atoms with E-state index < -0.39 is 0 Å². The summed E-state index contributed by atoms with van der Waals surface area (Å²) in [6.45, 7) is 8.87. The number of hydrogen-bond acceptors (Lipinski definition) is 1. The Labute approximate surface area is 81.6 Å². The van der Waals surface area contributed by atoms with Gasteiger partial charge in [0, 0.05) is 16.7 Å². The average molecular weight is 179 g/mol. The first kappa shape index (κ1) is 9.11. The van der Waals surface area contributed by atoms with Crippen LogP contribution in [-0.2, 0) is 0 Å². The maximum absolute atomic E-state index is 4.20. The van der Waals surface area contributed by atoms with E-state index in [0.717, 1.165) is 0 Å². The highest BCUT2D eigenvalue weighted by Crippen LogP contribution is 2.46. The summed E-state index contributed by atoms with van der Waals surface area (Å²) in [5.74, 6) is 0. The highest BCUT2D eigenvalue weighted by molar-refractivity contribution is 5.14. The van der Waals surface area contributed by atoms with E-state index >= 15 is 0 Å². The molecule has 2 aliphatic carbocycles. The van der Waals surface area contributed by atoms with E-state index in [1.165, 1.54) is 44.2 Å². The fourth-order valence-corrected chi connectivity index (χ4v) is 2.36. The van der Waals surface area contributed by atoms with Gasteiger partial charge >= 0.3 is 0 Å². The molecule has 13 heavy (non-hydrogen) atoms. The summed E-state index contributed by atoms with van der Waals surface area (Å²) >= 11 is 0. The van der Waals surface area contributed by atoms with Crippen LogP contribution in [0.4, 0.5) is 0 Å². The quantitative estimate of drug-likeness (QED) is 0.701. The Kier molecular flexibility index (Phi) is 1.94. The van der Waals surface area contributed by atoms with Gasteiger partial charge in [-0.1, -0.05) is 19.9 Å². The Balaban J connectivity index is 1.90. The molecule has 0 heterocycles. The van der Waals surface area contributed by atoms with Gasteiger partial charge in [-0.25, -0.2) is 0 Å². The standard InChI is InChI=1S/C12H21N/c1-10(11(2)6-4-7-11)13-12(3)8-5-9-12/h13H,1,4-9H2,2-3H3. The maximum Gasteiger partial charge on any atom is 0.0342 e. The van der Waals surface area contributed by atoms with E-state index in [1.54, 1.807) is 0 Å². The van der Waals surface area contributed by atoms with Crippen molar-refractivity contribution >= 4 is 0 Å². The molecule has 2 aliphatic rings. The fraction of sp³-hybridized carbons (Fsp3) is 0.833. The molecule has 74 valence electrons. The molecule has 2 rings (SSSR count). The minimum atomic E-state index is 0.385. The smallest absolute Gasteiger partial charge is 0.0342 e. The molecule has 1 nitrogen and oxygen atoms in total. The van der Waals surface area contributed by atoms with Gasteiger partial charge in [-0.2, -0.15) is 0 Å². The van der Waals surface area contributed by atoms with Crippen LogP contribution in [0.5, 0.6) is 0 Å².